The lowest BCUT2D eigenvalue weighted by Gasteiger charge is -2.30. The summed E-state index contributed by atoms with van der Waals surface area (Å²) in [5, 5.41) is 5.62. The highest BCUT2D eigenvalue weighted by Crippen LogP contribution is 2.21. The van der Waals surface area contributed by atoms with E-state index in [1.807, 2.05) is 6.92 Å². The van der Waals surface area contributed by atoms with Crippen molar-refractivity contribution in [1.29, 1.82) is 0 Å². The number of carbonyl (C=O) groups is 3. The van der Waals surface area contributed by atoms with Crippen LogP contribution >= 0.6 is 0 Å². The quantitative estimate of drug-likeness (QED) is 0.847. The standard InChI is InChI=1S/C20H23N3O4/c1-2-21-18(24)14-5-7-16(8-6-14)22-19(25)15-9-11-23(12-10-15)20(26)17-4-3-13-27-17/h3-8,13,15H,2,9-12H2,1H3,(H,21,24)(H,22,25). The SMILES string of the molecule is CCNC(=O)c1ccc(NC(=O)C2CCN(C(=O)c3ccco3)CC2)cc1. The van der Waals surface area contributed by atoms with E-state index in [0.29, 0.717) is 49.5 Å². The summed E-state index contributed by atoms with van der Waals surface area (Å²) in [6.45, 7) is 3.47. The number of likely N-dealkylation sites (tertiary alicyclic amines) is 1. The fourth-order valence-electron chi connectivity index (χ4n) is 3.11. The van der Waals surface area contributed by atoms with Crippen molar-refractivity contribution >= 4 is 23.4 Å². The molecule has 1 aromatic heterocycles. The summed E-state index contributed by atoms with van der Waals surface area (Å²) in [7, 11) is 0. The molecular weight excluding hydrogens is 346 g/mol. The highest BCUT2D eigenvalue weighted by atomic mass is 16.3. The molecule has 27 heavy (non-hydrogen) atoms. The van der Waals surface area contributed by atoms with Gasteiger partial charge in [-0.2, -0.15) is 0 Å². The predicted octanol–water partition coefficient (Wildman–Crippen LogP) is 2.52. The highest BCUT2D eigenvalue weighted by Gasteiger charge is 2.28. The average molecular weight is 369 g/mol. The van der Waals surface area contributed by atoms with Crippen LogP contribution in [0.15, 0.2) is 47.1 Å². The Bertz CT molecular complexity index is 791. The van der Waals surface area contributed by atoms with Crippen molar-refractivity contribution in [3.8, 4) is 0 Å². The Morgan fingerprint density at radius 2 is 1.81 bits per heavy atom. The molecule has 1 aliphatic heterocycles. The second kappa shape index (κ2) is 8.53. The normalized spacial score (nSPS) is 14.6. The minimum absolute atomic E-state index is 0.0640. The molecule has 1 aliphatic rings. The highest BCUT2D eigenvalue weighted by molar-refractivity contribution is 5.96. The molecule has 2 heterocycles. The number of piperidine rings is 1. The van der Waals surface area contributed by atoms with Gasteiger partial charge in [-0.1, -0.05) is 0 Å². The lowest BCUT2D eigenvalue weighted by atomic mass is 9.95. The largest absolute Gasteiger partial charge is 0.459 e. The van der Waals surface area contributed by atoms with Gasteiger partial charge in [-0.15, -0.1) is 0 Å². The first-order chi connectivity index (χ1) is 13.1. The Labute approximate surface area is 157 Å². The first kappa shape index (κ1) is 18.7. The third kappa shape index (κ3) is 4.55. The molecule has 142 valence electrons. The number of furan rings is 1. The van der Waals surface area contributed by atoms with Gasteiger partial charge < -0.3 is 20.0 Å². The number of nitrogens with one attached hydrogen (secondary N) is 2. The Balaban J connectivity index is 1.51. The van der Waals surface area contributed by atoms with Crippen LogP contribution in [-0.2, 0) is 4.79 Å². The summed E-state index contributed by atoms with van der Waals surface area (Å²) >= 11 is 0. The van der Waals surface area contributed by atoms with Crippen LogP contribution < -0.4 is 10.6 Å². The zero-order valence-corrected chi connectivity index (χ0v) is 15.2. The molecule has 0 saturated carbocycles. The van der Waals surface area contributed by atoms with E-state index < -0.39 is 0 Å². The summed E-state index contributed by atoms with van der Waals surface area (Å²) in [5.41, 5.74) is 1.21. The zero-order valence-electron chi connectivity index (χ0n) is 15.2. The van der Waals surface area contributed by atoms with Crippen LogP contribution in [0.3, 0.4) is 0 Å². The molecule has 0 unspecified atom stereocenters. The molecule has 1 fully saturated rings. The Morgan fingerprint density at radius 1 is 1.11 bits per heavy atom. The second-order valence-electron chi connectivity index (χ2n) is 6.47. The number of nitrogens with zero attached hydrogens (tertiary/aromatic N) is 1. The molecule has 0 radical (unpaired) electrons. The molecule has 0 spiro atoms. The van der Waals surface area contributed by atoms with E-state index in [1.165, 1.54) is 6.26 Å². The number of amides is 3. The summed E-state index contributed by atoms with van der Waals surface area (Å²) in [4.78, 5) is 38.2. The van der Waals surface area contributed by atoms with Crippen molar-refractivity contribution in [2.24, 2.45) is 5.92 Å². The molecular formula is C20H23N3O4. The van der Waals surface area contributed by atoms with Gasteiger partial charge in [0.15, 0.2) is 5.76 Å². The van der Waals surface area contributed by atoms with E-state index >= 15 is 0 Å². The Hall–Kier alpha value is -3.09. The molecule has 0 atom stereocenters. The van der Waals surface area contributed by atoms with Gasteiger partial charge >= 0.3 is 0 Å². The predicted molar refractivity (Wildman–Crippen MR) is 100 cm³/mol. The molecule has 2 aromatic rings. The third-order valence-electron chi connectivity index (χ3n) is 4.64. The average Bonchev–Trinajstić information content (AvgIpc) is 3.23. The van der Waals surface area contributed by atoms with Gasteiger partial charge in [0.05, 0.1) is 6.26 Å². The fourth-order valence-corrected chi connectivity index (χ4v) is 3.11. The molecule has 3 amide bonds. The summed E-state index contributed by atoms with van der Waals surface area (Å²) < 4.78 is 5.14. The van der Waals surface area contributed by atoms with Crippen molar-refractivity contribution in [2.45, 2.75) is 19.8 Å². The number of anilines is 1. The first-order valence-corrected chi connectivity index (χ1v) is 9.10. The van der Waals surface area contributed by atoms with Crippen LogP contribution in [0.4, 0.5) is 5.69 Å². The molecule has 1 aromatic carbocycles. The van der Waals surface area contributed by atoms with Crippen LogP contribution in [0.1, 0.15) is 40.7 Å². The smallest absolute Gasteiger partial charge is 0.289 e. The number of hydrogen-bond acceptors (Lipinski definition) is 4. The maximum absolute atomic E-state index is 12.5. The van der Waals surface area contributed by atoms with Gasteiger partial charge in [0.2, 0.25) is 5.91 Å². The monoisotopic (exact) mass is 369 g/mol. The minimum Gasteiger partial charge on any atom is -0.459 e. The number of rotatable bonds is 5. The Kier molecular flexibility index (Phi) is 5.90. The van der Waals surface area contributed by atoms with Gasteiger partial charge in [-0.05, 0) is 56.2 Å². The van der Waals surface area contributed by atoms with Gasteiger partial charge in [-0.25, -0.2) is 0 Å². The van der Waals surface area contributed by atoms with Gasteiger partial charge in [0, 0.05) is 36.8 Å². The molecule has 7 heteroatoms. The summed E-state index contributed by atoms with van der Waals surface area (Å²) in [5.74, 6) is -0.159. The lowest BCUT2D eigenvalue weighted by Crippen LogP contribution is -2.41. The zero-order chi connectivity index (χ0) is 19.2. The van der Waals surface area contributed by atoms with E-state index in [4.69, 9.17) is 4.42 Å². The number of benzene rings is 1. The lowest BCUT2D eigenvalue weighted by molar-refractivity contribution is -0.121. The third-order valence-corrected chi connectivity index (χ3v) is 4.64. The summed E-state index contributed by atoms with van der Waals surface area (Å²) in [6.07, 6.45) is 2.69. The van der Waals surface area contributed by atoms with Crippen LogP contribution in [0.5, 0.6) is 0 Å². The molecule has 0 bridgehead atoms. The second-order valence-corrected chi connectivity index (χ2v) is 6.47. The molecule has 1 saturated heterocycles. The van der Waals surface area contributed by atoms with Gasteiger partial charge in [0.1, 0.15) is 0 Å². The topological polar surface area (TPSA) is 91.7 Å². The maximum Gasteiger partial charge on any atom is 0.289 e. The van der Waals surface area contributed by atoms with E-state index in [0.717, 1.165) is 0 Å². The molecule has 2 N–H and O–H groups in total. The van der Waals surface area contributed by atoms with Gasteiger partial charge in [-0.3, -0.25) is 14.4 Å². The van der Waals surface area contributed by atoms with E-state index in [9.17, 15) is 14.4 Å². The van der Waals surface area contributed by atoms with Crippen molar-refractivity contribution in [1.82, 2.24) is 10.2 Å². The Morgan fingerprint density at radius 3 is 2.41 bits per heavy atom. The van der Waals surface area contributed by atoms with Crippen LogP contribution in [0, 0.1) is 5.92 Å². The van der Waals surface area contributed by atoms with E-state index in [2.05, 4.69) is 10.6 Å². The number of carbonyl (C=O) groups excluding carboxylic acids is 3. The molecule has 7 nitrogen and oxygen atoms in total. The van der Waals surface area contributed by atoms with Gasteiger partial charge in [0.25, 0.3) is 11.8 Å². The molecule has 0 aliphatic carbocycles. The van der Waals surface area contributed by atoms with E-state index in [1.54, 1.807) is 41.3 Å². The summed E-state index contributed by atoms with van der Waals surface area (Å²) in [6, 6.07) is 10.1. The van der Waals surface area contributed by atoms with Crippen molar-refractivity contribution in [3.63, 3.8) is 0 Å². The fraction of sp³-hybridized carbons (Fsp3) is 0.350. The molecule has 3 rings (SSSR count). The van der Waals surface area contributed by atoms with Crippen molar-refractivity contribution < 1.29 is 18.8 Å². The first-order valence-electron chi connectivity index (χ1n) is 9.10. The van der Waals surface area contributed by atoms with Crippen LogP contribution in [0.25, 0.3) is 0 Å². The van der Waals surface area contributed by atoms with Crippen molar-refractivity contribution in [2.75, 3.05) is 25.0 Å². The van der Waals surface area contributed by atoms with E-state index in [-0.39, 0.29) is 23.6 Å². The van der Waals surface area contributed by atoms with Crippen LogP contribution in [0.2, 0.25) is 0 Å². The maximum atomic E-state index is 12.5. The van der Waals surface area contributed by atoms with Crippen LogP contribution in [-0.4, -0.2) is 42.3 Å². The number of hydrogen-bond donors (Lipinski definition) is 2. The minimum atomic E-state index is -0.145. The van der Waals surface area contributed by atoms with Crippen molar-refractivity contribution in [3.05, 3.63) is 54.0 Å².